The van der Waals surface area contributed by atoms with Crippen LogP contribution in [0.1, 0.15) is 12.8 Å². The summed E-state index contributed by atoms with van der Waals surface area (Å²) in [6.07, 6.45) is 4.37. The molecule has 88 valence electrons. The molecule has 1 fully saturated rings. The van der Waals surface area contributed by atoms with Gasteiger partial charge in [-0.1, -0.05) is 34.1 Å². The molecule has 0 aliphatic carbocycles. The van der Waals surface area contributed by atoms with E-state index in [2.05, 4.69) is 43.2 Å². The maximum Gasteiger partial charge on any atom is 0.0950 e. The van der Waals surface area contributed by atoms with Gasteiger partial charge in [-0.25, -0.2) is 0 Å². The molecule has 2 aromatic rings. The molecular formula is C13H14BrN3. The first-order chi connectivity index (χ1) is 8.34. The van der Waals surface area contributed by atoms with Gasteiger partial charge in [-0.3, -0.25) is 0 Å². The van der Waals surface area contributed by atoms with Crippen LogP contribution in [0.3, 0.4) is 0 Å². The summed E-state index contributed by atoms with van der Waals surface area (Å²) in [5, 5.41) is 9.47. The minimum Gasteiger partial charge on any atom is -0.369 e. The van der Waals surface area contributed by atoms with Crippen LogP contribution in [0.2, 0.25) is 0 Å². The summed E-state index contributed by atoms with van der Waals surface area (Å²) >= 11 is 3.71. The van der Waals surface area contributed by atoms with Crippen molar-refractivity contribution in [1.29, 1.82) is 0 Å². The third-order valence-electron chi connectivity index (χ3n) is 3.23. The van der Waals surface area contributed by atoms with Crippen LogP contribution in [0.15, 0.2) is 30.5 Å². The van der Waals surface area contributed by atoms with Crippen molar-refractivity contribution in [3.05, 3.63) is 30.5 Å². The Labute approximate surface area is 109 Å². The van der Waals surface area contributed by atoms with Gasteiger partial charge in [0.05, 0.1) is 17.4 Å². The standard InChI is InChI=1S/C13H14BrN3/c14-10-4-3-7-17(9-10)13-8-15-16-12-6-2-1-5-11(12)13/h1-2,5-6,8,10H,3-4,7,9H2. The molecule has 1 atom stereocenters. The number of alkyl halides is 1. The third-order valence-corrected chi connectivity index (χ3v) is 3.98. The van der Waals surface area contributed by atoms with Crippen LogP contribution >= 0.6 is 15.9 Å². The number of benzene rings is 1. The van der Waals surface area contributed by atoms with Crippen molar-refractivity contribution in [2.45, 2.75) is 17.7 Å². The Morgan fingerprint density at radius 2 is 2.18 bits per heavy atom. The first-order valence-electron chi connectivity index (χ1n) is 5.94. The maximum atomic E-state index is 4.17. The molecule has 1 unspecified atom stereocenters. The van der Waals surface area contributed by atoms with Gasteiger partial charge in [0.25, 0.3) is 0 Å². The molecule has 3 nitrogen and oxygen atoms in total. The number of halogens is 1. The average molecular weight is 292 g/mol. The van der Waals surface area contributed by atoms with E-state index in [4.69, 9.17) is 0 Å². The fraction of sp³-hybridized carbons (Fsp3) is 0.385. The highest BCUT2D eigenvalue weighted by molar-refractivity contribution is 9.09. The summed E-state index contributed by atoms with van der Waals surface area (Å²) in [5.41, 5.74) is 2.18. The Hall–Kier alpha value is -1.16. The number of aromatic nitrogens is 2. The van der Waals surface area contributed by atoms with E-state index in [1.165, 1.54) is 23.9 Å². The van der Waals surface area contributed by atoms with E-state index in [9.17, 15) is 0 Å². The van der Waals surface area contributed by atoms with Crippen molar-refractivity contribution in [2.75, 3.05) is 18.0 Å². The number of anilines is 1. The summed E-state index contributed by atoms with van der Waals surface area (Å²) in [5.74, 6) is 0. The molecular weight excluding hydrogens is 278 g/mol. The van der Waals surface area contributed by atoms with Crippen LogP contribution in [0.25, 0.3) is 10.9 Å². The molecule has 0 saturated carbocycles. The van der Waals surface area contributed by atoms with Gasteiger partial charge in [-0.2, -0.15) is 10.2 Å². The molecule has 1 saturated heterocycles. The SMILES string of the molecule is BrC1CCCN(c2cnnc3ccccc23)C1. The summed E-state index contributed by atoms with van der Waals surface area (Å²) in [4.78, 5) is 2.99. The lowest BCUT2D eigenvalue weighted by Gasteiger charge is -2.32. The van der Waals surface area contributed by atoms with Gasteiger partial charge in [0, 0.05) is 23.3 Å². The summed E-state index contributed by atoms with van der Waals surface area (Å²) in [6, 6.07) is 8.20. The summed E-state index contributed by atoms with van der Waals surface area (Å²) < 4.78 is 0. The minimum atomic E-state index is 0.586. The van der Waals surface area contributed by atoms with Crippen LogP contribution < -0.4 is 4.90 Å². The van der Waals surface area contributed by atoms with Crippen LogP contribution in [0, 0.1) is 0 Å². The first kappa shape index (κ1) is 11.0. The molecule has 0 radical (unpaired) electrons. The largest absolute Gasteiger partial charge is 0.369 e. The van der Waals surface area contributed by atoms with E-state index in [-0.39, 0.29) is 0 Å². The van der Waals surface area contributed by atoms with Gasteiger partial charge in [0.2, 0.25) is 0 Å². The van der Waals surface area contributed by atoms with Crippen LogP contribution in [-0.2, 0) is 0 Å². The molecule has 1 aliphatic rings. The normalized spacial score (nSPS) is 20.8. The number of rotatable bonds is 1. The van der Waals surface area contributed by atoms with Crippen LogP contribution in [0.5, 0.6) is 0 Å². The fourth-order valence-electron chi connectivity index (χ4n) is 2.39. The number of hydrogen-bond donors (Lipinski definition) is 0. The lowest BCUT2D eigenvalue weighted by Crippen LogP contribution is -2.35. The van der Waals surface area contributed by atoms with Gasteiger partial charge in [0.15, 0.2) is 0 Å². The quantitative estimate of drug-likeness (QED) is 0.757. The Kier molecular flexibility index (Phi) is 2.97. The predicted octanol–water partition coefficient (Wildman–Crippen LogP) is 2.99. The number of nitrogens with zero attached hydrogens (tertiary/aromatic N) is 3. The third kappa shape index (κ3) is 2.14. The van der Waals surface area contributed by atoms with E-state index in [1.54, 1.807) is 0 Å². The Bertz CT molecular complexity index is 524. The zero-order valence-electron chi connectivity index (χ0n) is 9.51. The molecule has 0 bridgehead atoms. The van der Waals surface area contributed by atoms with Gasteiger partial charge in [0.1, 0.15) is 0 Å². The van der Waals surface area contributed by atoms with E-state index in [1.807, 2.05) is 18.3 Å². The van der Waals surface area contributed by atoms with E-state index in [0.29, 0.717) is 4.83 Å². The molecule has 1 aromatic carbocycles. The highest BCUT2D eigenvalue weighted by atomic mass is 79.9. The van der Waals surface area contributed by atoms with Crippen molar-refractivity contribution in [1.82, 2.24) is 10.2 Å². The smallest absolute Gasteiger partial charge is 0.0950 e. The van der Waals surface area contributed by atoms with Crippen molar-refractivity contribution < 1.29 is 0 Å². The van der Waals surface area contributed by atoms with E-state index >= 15 is 0 Å². The second-order valence-corrected chi connectivity index (χ2v) is 5.73. The number of fused-ring (bicyclic) bond motifs is 1. The van der Waals surface area contributed by atoms with Crippen LogP contribution in [-0.4, -0.2) is 28.1 Å². The highest BCUT2D eigenvalue weighted by Gasteiger charge is 2.19. The molecule has 17 heavy (non-hydrogen) atoms. The average Bonchev–Trinajstić information content (AvgIpc) is 2.38. The maximum absolute atomic E-state index is 4.17. The molecule has 1 aromatic heterocycles. The Morgan fingerprint density at radius 3 is 3.06 bits per heavy atom. The van der Waals surface area contributed by atoms with Gasteiger partial charge >= 0.3 is 0 Å². The van der Waals surface area contributed by atoms with E-state index < -0.39 is 0 Å². The second-order valence-electron chi connectivity index (χ2n) is 4.43. The zero-order chi connectivity index (χ0) is 11.7. The van der Waals surface area contributed by atoms with Gasteiger partial charge in [-0.05, 0) is 18.9 Å². The Morgan fingerprint density at radius 1 is 1.29 bits per heavy atom. The lowest BCUT2D eigenvalue weighted by molar-refractivity contribution is 0.596. The Balaban J connectivity index is 2.04. The fourth-order valence-corrected chi connectivity index (χ4v) is 3.06. The second kappa shape index (κ2) is 4.61. The summed E-state index contributed by atoms with van der Waals surface area (Å²) in [6.45, 7) is 2.16. The van der Waals surface area contributed by atoms with E-state index in [0.717, 1.165) is 18.6 Å². The molecule has 1 aliphatic heterocycles. The predicted molar refractivity (Wildman–Crippen MR) is 73.7 cm³/mol. The zero-order valence-corrected chi connectivity index (χ0v) is 11.1. The highest BCUT2D eigenvalue weighted by Crippen LogP contribution is 2.28. The monoisotopic (exact) mass is 291 g/mol. The van der Waals surface area contributed by atoms with Crippen molar-refractivity contribution in [3.8, 4) is 0 Å². The molecule has 3 rings (SSSR count). The van der Waals surface area contributed by atoms with Crippen molar-refractivity contribution in [2.24, 2.45) is 0 Å². The van der Waals surface area contributed by atoms with Crippen molar-refractivity contribution >= 4 is 32.5 Å². The van der Waals surface area contributed by atoms with Gasteiger partial charge in [-0.15, -0.1) is 0 Å². The lowest BCUT2D eigenvalue weighted by atomic mass is 10.1. The first-order valence-corrected chi connectivity index (χ1v) is 6.85. The number of piperidine rings is 1. The number of hydrogen-bond acceptors (Lipinski definition) is 3. The molecule has 0 spiro atoms. The topological polar surface area (TPSA) is 29.0 Å². The summed E-state index contributed by atoms with van der Waals surface area (Å²) in [7, 11) is 0. The van der Waals surface area contributed by atoms with Crippen LogP contribution in [0.4, 0.5) is 5.69 Å². The molecule has 0 amide bonds. The minimum absolute atomic E-state index is 0.586. The molecule has 0 N–H and O–H groups in total. The molecule has 2 heterocycles. The van der Waals surface area contributed by atoms with Gasteiger partial charge < -0.3 is 4.90 Å². The molecule has 4 heteroatoms. The van der Waals surface area contributed by atoms with Crippen molar-refractivity contribution in [3.63, 3.8) is 0 Å².